The van der Waals surface area contributed by atoms with E-state index in [0.717, 1.165) is 17.7 Å². The second kappa shape index (κ2) is 2.71. The Balaban J connectivity index is 1.81. The van der Waals surface area contributed by atoms with Gasteiger partial charge in [-0.3, -0.25) is 0 Å². The summed E-state index contributed by atoms with van der Waals surface area (Å²) in [6.45, 7) is 0. The van der Waals surface area contributed by atoms with E-state index in [2.05, 4.69) is 10.2 Å². The molecule has 4 heteroatoms. The molecule has 3 nitrogen and oxygen atoms in total. The van der Waals surface area contributed by atoms with E-state index in [0.29, 0.717) is 5.92 Å². The molecule has 2 aliphatic carbocycles. The summed E-state index contributed by atoms with van der Waals surface area (Å²) in [5.41, 5.74) is 0. The molecule has 0 N–H and O–H groups in total. The van der Waals surface area contributed by atoms with Crippen molar-refractivity contribution in [3.05, 3.63) is 11.2 Å². The second-order valence-electron chi connectivity index (χ2n) is 4.03. The van der Waals surface area contributed by atoms with Crippen molar-refractivity contribution in [2.45, 2.75) is 31.6 Å². The van der Waals surface area contributed by atoms with Crippen LogP contribution in [0.1, 0.15) is 37.5 Å². The Morgan fingerprint density at radius 3 is 2.38 bits per heavy atom. The summed E-state index contributed by atoms with van der Waals surface area (Å²) in [5.74, 6) is 2.92. The lowest BCUT2D eigenvalue weighted by molar-refractivity contribution is 0.480. The van der Waals surface area contributed by atoms with Gasteiger partial charge >= 0.3 is 5.35 Å². The summed E-state index contributed by atoms with van der Waals surface area (Å²) in [6.07, 6.45) is 5.38. The molecule has 0 aromatic carbocycles. The molecular formula is C9H11ClN2O. The van der Waals surface area contributed by atoms with Crippen molar-refractivity contribution in [2.75, 3.05) is 0 Å². The number of halogens is 1. The third kappa shape index (κ3) is 1.17. The summed E-state index contributed by atoms with van der Waals surface area (Å²) in [5, 5.41) is 7.82. The molecule has 0 spiro atoms. The Labute approximate surface area is 81.5 Å². The number of hydrogen-bond acceptors (Lipinski definition) is 3. The van der Waals surface area contributed by atoms with Crippen LogP contribution in [-0.2, 0) is 0 Å². The van der Waals surface area contributed by atoms with Crippen LogP contribution >= 0.6 is 11.6 Å². The first kappa shape index (κ1) is 7.80. The molecule has 2 saturated carbocycles. The van der Waals surface area contributed by atoms with Gasteiger partial charge in [-0.25, -0.2) is 0 Å². The quantitative estimate of drug-likeness (QED) is 0.697. The maximum atomic E-state index is 5.59. The van der Waals surface area contributed by atoms with Gasteiger partial charge in [0.25, 0.3) is 0 Å². The molecule has 2 fully saturated rings. The Morgan fingerprint density at radius 1 is 1.15 bits per heavy atom. The molecule has 2 aliphatic rings. The first-order valence-corrected chi connectivity index (χ1v) is 5.23. The molecule has 1 aromatic heterocycles. The van der Waals surface area contributed by atoms with E-state index in [1.807, 2.05) is 0 Å². The molecule has 2 unspecified atom stereocenters. The van der Waals surface area contributed by atoms with Crippen LogP contribution < -0.4 is 0 Å². The SMILES string of the molecule is Clc1nnc(C2C3CCCCC32)o1. The summed E-state index contributed by atoms with van der Waals surface area (Å²) < 4.78 is 5.24. The zero-order chi connectivity index (χ0) is 8.84. The highest BCUT2D eigenvalue weighted by Crippen LogP contribution is 2.60. The van der Waals surface area contributed by atoms with Crippen LogP contribution in [-0.4, -0.2) is 10.2 Å². The minimum atomic E-state index is 0.179. The molecule has 3 rings (SSSR count). The van der Waals surface area contributed by atoms with E-state index >= 15 is 0 Å². The minimum Gasteiger partial charge on any atom is -0.412 e. The van der Waals surface area contributed by atoms with Crippen LogP contribution in [0.2, 0.25) is 5.35 Å². The van der Waals surface area contributed by atoms with Crippen LogP contribution in [0, 0.1) is 11.8 Å². The highest BCUT2D eigenvalue weighted by molar-refractivity contribution is 6.27. The molecule has 0 amide bonds. The van der Waals surface area contributed by atoms with Crippen molar-refractivity contribution < 1.29 is 4.42 Å². The highest BCUT2D eigenvalue weighted by Gasteiger charge is 2.54. The predicted octanol–water partition coefficient (Wildman–Crippen LogP) is 2.63. The van der Waals surface area contributed by atoms with Gasteiger partial charge in [-0.05, 0) is 36.3 Å². The standard InChI is InChI=1S/C9H11ClN2O/c10-9-12-11-8(13-9)7-5-3-1-2-4-6(5)7/h5-7H,1-4H2. The van der Waals surface area contributed by atoms with Gasteiger partial charge in [0.2, 0.25) is 5.89 Å². The Morgan fingerprint density at radius 2 is 1.85 bits per heavy atom. The van der Waals surface area contributed by atoms with E-state index in [4.69, 9.17) is 16.0 Å². The molecule has 1 aromatic rings. The van der Waals surface area contributed by atoms with Gasteiger partial charge in [-0.1, -0.05) is 17.9 Å². The second-order valence-corrected chi connectivity index (χ2v) is 4.35. The number of nitrogens with zero attached hydrogens (tertiary/aromatic N) is 2. The van der Waals surface area contributed by atoms with Crippen LogP contribution in [0.25, 0.3) is 0 Å². The largest absolute Gasteiger partial charge is 0.412 e. The van der Waals surface area contributed by atoms with E-state index in [9.17, 15) is 0 Å². The fraction of sp³-hybridized carbons (Fsp3) is 0.778. The maximum Gasteiger partial charge on any atom is 0.312 e. The van der Waals surface area contributed by atoms with Crippen LogP contribution in [0.3, 0.4) is 0 Å². The predicted molar refractivity (Wildman–Crippen MR) is 47.5 cm³/mol. The average molecular weight is 199 g/mol. The Kier molecular flexibility index (Phi) is 1.62. The number of hydrogen-bond donors (Lipinski definition) is 0. The number of aromatic nitrogens is 2. The summed E-state index contributed by atoms with van der Waals surface area (Å²) in [6, 6.07) is 0. The molecule has 1 heterocycles. The van der Waals surface area contributed by atoms with E-state index in [1.165, 1.54) is 25.7 Å². The normalized spacial score (nSPS) is 37.2. The lowest BCUT2D eigenvalue weighted by atomic mass is 10.0. The fourth-order valence-corrected chi connectivity index (χ4v) is 2.83. The van der Waals surface area contributed by atoms with E-state index in [-0.39, 0.29) is 5.35 Å². The van der Waals surface area contributed by atoms with Crippen molar-refractivity contribution in [1.29, 1.82) is 0 Å². The van der Waals surface area contributed by atoms with Gasteiger partial charge in [0.15, 0.2) is 0 Å². The first-order valence-electron chi connectivity index (χ1n) is 4.85. The lowest BCUT2D eigenvalue weighted by Gasteiger charge is -2.04. The zero-order valence-corrected chi connectivity index (χ0v) is 8.00. The minimum absolute atomic E-state index is 0.179. The number of rotatable bonds is 1. The van der Waals surface area contributed by atoms with Gasteiger partial charge in [0.05, 0.1) is 0 Å². The maximum absolute atomic E-state index is 5.59. The third-order valence-electron chi connectivity index (χ3n) is 3.36. The molecule has 0 radical (unpaired) electrons. The molecule has 0 bridgehead atoms. The van der Waals surface area contributed by atoms with Crippen molar-refractivity contribution in [2.24, 2.45) is 11.8 Å². The van der Waals surface area contributed by atoms with E-state index < -0.39 is 0 Å². The van der Waals surface area contributed by atoms with Crippen LogP contribution in [0.5, 0.6) is 0 Å². The van der Waals surface area contributed by atoms with E-state index in [1.54, 1.807) is 0 Å². The average Bonchev–Trinajstić information content (AvgIpc) is 2.73. The summed E-state index contributed by atoms with van der Waals surface area (Å²) in [4.78, 5) is 0. The first-order chi connectivity index (χ1) is 6.36. The van der Waals surface area contributed by atoms with Gasteiger partial charge < -0.3 is 4.42 Å². The molecular weight excluding hydrogens is 188 g/mol. The van der Waals surface area contributed by atoms with Crippen molar-refractivity contribution in [3.63, 3.8) is 0 Å². The molecule has 2 atom stereocenters. The lowest BCUT2D eigenvalue weighted by Crippen LogP contribution is -1.91. The van der Waals surface area contributed by atoms with Gasteiger partial charge in [-0.15, -0.1) is 5.10 Å². The van der Waals surface area contributed by atoms with Gasteiger partial charge in [0, 0.05) is 5.92 Å². The topological polar surface area (TPSA) is 38.9 Å². The van der Waals surface area contributed by atoms with Crippen molar-refractivity contribution in [3.8, 4) is 0 Å². The van der Waals surface area contributed by atoms with Gasteiger partial charge in [-0.2, -0.15) is 0 Å². The molecule has 70 valence electrons. The van der Waals surface area contributed by atoms with Crippen LogP contribution in [0.15, 0.2) is 4.42 Å². The Hall–Kier alpha value is -0.570. The number of fused-ring (bicyclic) bond motifs is 1. The smallest absolute Gasteiger partial charge is 0.312 e. The van der Waals surface area contributed by atoms with Crippen molar-refractivity contribution in [1.82, 2.24) is 10.2 Å². The summed E-state index contributed by atoms with van der Waals surface area (Å²) in [7, 11) is 0. The molecule has 0 saturated heterocycles. The monoisotopic (exact) mass is 198 g/mol. The summed E-state index contributed by atoms with van der Waals surface area (Å²) >= 11 is 5.59. The fourth-order valence-electron chi connectivity index (χ4n) is 2.71. The molecule has 0 aliphatic heterocycles. The molecule has 13 heavy (non-hydrogen) atoms. The van der Waals surface area contributed by atoms with Crippen molar-refractivity contribution >= 4 is 11.6 Å². The van der Waals surface area contributed by atoms with Gasteiger partial charge in [0.1, 0.15) is 0 Å². The Bertz CT molecular complexity index is 313. The highest BCUT2D eigenvalue weighted by atomic mass is 35.5. The van der Waals surface area contributed by atoms with Crippen LogP contribution in [0.4, 0.5) is 0 Å². The third-order valence-corrected chi connectivity index (χ3v) is 3.51. The zero-order valence-electron chi connectivity index (χ0n) is 7.24.